The fourth-order valence-electron chi connectivity index (χ4n) is 1.65. The first kappa shape index (κ1) is 12.9. The van der Waals surface area contributed by atoms with Gasteiger partial charge in [-0.1, -0.05) is 11.6 Å². The van der Waals surface area contributed by atoms with Gasteiger partial charge in [0.25, 0.3) is 0 Å². The Kier molecular flexibility index (Phi) is 4.23. The number of oxazole rings is 1. The third-order valence-electron chi connectivity index (χ3n) is 2.57. The highest BCUT2D eigenvalue weighted by atomic mass is 35.5. The summed E-state index contributed by atoms with van der Waals surface area (Å²) in [6.45, 7) is 0.831. The fraction of sp³-hybridized carbons (Fsp3) is 0.308. The summed E-state index contributed by atoms with van der Waals surface area (Å²) in [6.07, 6.45) is 2.46. The predicted molar refractivity (Wildman–Crippen MR) is 71.1 cm³/mol. The molecule has 0 fully saturated rings. The molecule has 0 amide bonds. The molecular weight excluding hydrogens is 252 g/mol. The summed E-state index contributed by atoms with van der Waals surface area (Å²) in [4.78, 5) is 4.23. The molecule has 0 unspecified atom stereocenters. The van der Waals surface area contributed by atoms with E-state index in [4.69, 9.17) is 20.8 Å². The van der Waals surface area contributed by atoms with Crippen molar-refractivity contribution in [3.8, 4) is 17.1 Å². The van der Waals surface area contributed by atoms with Crippen LogP contribution in [0.4, 0.5) is 0 Å². The number of benzene rings is 1. The standard InChI is InChI=1S/C13H15ClN2O2/c1-15-6-5-13-16-8-12(18-13)10-4-3-9(14)7-11(10)17-2/h3-4,7-8,15H,5-6H2,1-2H3. The average molecular weight is 267 g/mol. The minimum Gasteiger partial charge on any atom is -0.496 e. The summed E-state index contributed by atoms with van der Waals surface area (Å²) < 4.78 is 11.0. The Bertz CT molecular complexity index is 525. The Morgan fingerprint density at radius 3 is 3.00 bits per heavy atom. The molecule has 1 heterocycles. The molecule has 1 aromatic carbocycles. The van der Waals surface area contributed by atoms with Crippen molar-refractivity contribution in [2.45, 2.75) is 6.42 Å². The Morgan fingerprint density at radius 1 is 1.44 bits per heavy atom. The molecule has 1 aromatic heterocycles. The SMILES string of the molecule is CNCCc1ncc(-c2ccc(Cl)cc2OC)o1. The number of rotatable bonds is 5. The van der Waals surface area contributed by atoms with Crippen LogP contribution in [-0.4, -0.2) is 25.7 Å². The average Bonchev–Trinajstić information content (AvgIpc) is 2.84. The lowest BCUT2D eigenvalue weighted by Crippen LogP contribution is -2.10. The molecule has 2 rings (SSSR count). The van der Waals surface area contributed by atoms with Gasteiger partial charge in [0.05, 0.1) is 18.9 Å². The number of likely N-dealkylation sites (N-methyl/N-ethyl adjacent to an activating group) is 1. The van der Waals surface area contributed by atoms with E-state index in [9.17, 15) is 0 Å². The van der Waals surface area contributed by atoms with Gasteiger partial charge in [0.1, 0.15) is 5.75 Å². The van der Waals surface area contributed by atoms with Gasteiger partial charge in [-0.15, -0.1) is 0 Å². The van der Waals surface area contributed by atoms with Crippen LogP contribution in [0.1, 0.15) is 5.89 Å². The monoisotopic (exact) mass is 266 g/mol. The number of ether oxygens (including phenoxy) is 1. The van der Waals surface area contributed by atoms with E-state index in [1.165, 1.54) is 0 Å². The highest BCUT2D eigenvalue weighted by Gasteiger charge is 2.11. The van der Waals surface area contributed by atoms with Gasteiger partial charge in [0.2, 0.25) is 0 Å². The van der Waals surface area contributed by atoms with E-state index in [2.05, 4.69) is 10.3 Å². The van der Waals surface area contributed by atoms with E-state index in [1.807, 2.05) is 13.1 Å². The van der Waals surface area contributed by atoms with Gasteiger partial charge in [-0.2, -0.15) is 0 Å². The van der Waals surface area contributed by atoms with E-state index in [1.54, 1.807) is 25.4 Å². The summed E-state index contributed by atoms with van der Waals surface area (Å²) in [5, 5.41) is 3.68. The van der Waals surface area contributed by atoms with Gasteiger partial charge in [-0.25, -0.2) is 4.98 Å². The highest BCUT2D eigenvalue weighted by molar-refractivity contribution is 6.30. The first-order chi connectivity index (χ1) is 8.74. The lowest BCUT2D eigenvalue weighted by atomic mass is 10.1. The molecule has 0 saturated heterocycles. The van der Waals surface area contributed by atoms with Crippen molar-refractivity contribution in [3.05, 3.63) is 35.3 Å². The maximum atomic E-state index is 5.92. The van der Waals surface area contributed by atoms with Crippen LogP contribution in [0.3, 0.4) is 0 Å². The molecule has 0 spiro atoms. The van der Waals surface area contributed by atoms with Gasteiger partial charge in [-0.3, -0.25) is 0 Å². The molecule has 96 valence electrons. The third-order valence-corrected chi connectivity index (χ3v) is 2.81. The lowest BCUT2D eigenvalue weighted by Gasteiger charge is -2.05. The lowest BCUT2D eigenvalue weighted by molar-refractivity contribution is 0.413. The van der Waals surface area contributed by atoms with Crippen molar-refractivity contribution in [2.24, 2.45) is 0 Å². The van der Waals surface area contributed by atoms with Crippen molar-refractivity contribution >= 4 is 11.6 Å². The van der Waals surface area contributed by atoms with Crippen LogP contribution in [-0.2, 0) is 6.42 Å². The molecule has 0 aliphatic heterocycles. The molecule has 2 aromatic rings. The van der Waals surface area contributed by atoms with Gasteiger partial charge in [0, 0.05) is 18.0 Å². The number of halogens is 1. The molecule has 0 radical (unpaired) electrons. The van der Waals surface area contributed by atoms with Gasteiger partial charge >= 0.3 is 0 Å². The molecule has 0 aliphatic carbocycles. The van der Waals surface area contributed by atoms with Crippen LogP contribution >= 0.6 is 11.6 Å². The molecule has 4 nitrogen and oxygen atoms in total. The first-order valence-electron chi connectivity index (χ1n) is 5.68. The molecule has 0 saturated carbocycles. The smallest absolute Gasteiger partial charge is 0.196 e. The van der Waals surface area contributed by atoms with Crippen LogP contribution in [0.25, 0.3) is 11.3 Å². The van der Waals surface area contributed by atoms with E-state index < -0.39 is 0 Å². The van der Waals surface area contributed by atoms with Crippen LogP contribution in [0.15, 0.2) is 28.8 Å². The summed E-state index contributed by atoms with van der Waals surface area (Å²) in [6, 6.07) is 5.42. The fourth-order valence-corrected chi connectivity index (χ4v) is 1.81. The number of aromatic nitrogens is 1. The van der Waals surface area contributed by atoms with Gasteiger partial charge in [-0.05, 0) is 25.2 Å². The Labute approximate surface area is 111 Å². The maximum Gasteiger partial charge on any atom is 0.196 e. The first-order valence-corrected chi connectivity index (χ1v) is 6.05. The van der Waals surface area contributed by atoms with Crippen LogP contribution in [0.5, 0.6) is 5.75 Å². The van der Waals surface area contributed by atoms with Crippen molar-refractivity contribution in [2.75, 3.05) is 20.7 Å². The van der Waals surface area contributed by atoms with Crippen molar-refractivity contribution < 1.29 is 9.15 Å². The predicted octanol–water partition coefficient (Wildman–Crippen LogP) is 2.77. The van der Waals surface area contributed by atoms with Crippen molar-refractivity contribution in [1.29, 1.82) is 0 Å². The second-order valence-electron chi connectivity index (χ2n) is 3.82. The Morgan fingerprint density at radius 2 is 2.28 bits per heavy atom. The van der Waals surface area contributed by atoms with Crippen LogP contribution < -0.4 is 10.1 Å². The van der Waals surface area contributed by atoms with Crippen molar-refractivity contribution in [1.82, 2.24) is 10.3 Å². The zero-order valence-corrected chi connectivity index (χ0v) is 11.1. The third kappa shape index (κ3) is 2.83. The summed E-state index contributed by atoms with van der Waals surface area (Å²) in [5.41, 5.74) is 0.852. The summed E-state index contributed by atoms with van der Waals surface area (Å²) in [5.74, 6) is 2.07. The summed E-state index contributed by atoms with van der Waals surface area (Å²) in [7, 11) is 3.50. The minimum absolute atomic E-state index is 0.630. The second kappa shape index (κ2) is 5.89. The normalized spacial score (nSPS) is 10.6. The highest BCUT2D eigenvalue weighted by Crippen LogP contribution is 2.32. The zero-order chi connectivity index (χ0) is 13.0. The molecule has 0 atom stereocenters. The van der Waals surface area contributed by atoms with E-state index in [0.717, 1.165) is 18.5 Å². The molecule has 0 aliphatic rings. The topological polar surface area (TPSA) is 47.3 Å². The van der Waals surface area contributed by atoms with E-state index in [0.29, 0.717) is 22.4 Å². The number of nitrogens with one attached hydrogen (secondary N) is 1. The zero-order valence-electron chi connectivity index (χ0n) is 10.4. The second-order valence-corrected chi connectivity index (χ2v) is 4.25. The largest absolute Gasteiger partial charge is 0.496 e. The number of methoxy groups -OCH3 is 1. The van der Waals surface area contributed by atoms with E-state index in [-0.39, 0.29) is 0 Å². The minimum atomic E-state index is 0.630. The van der Waals surface area contributed by atoms with Crippen LogP contribution in [0.2, 0.25) is 5.02 Å². The molecule has 1 N–H and O–H groups in total. The quantitative estimate of drug-likeness (QED) is 0.904. The van der Waals surface area contributed by atoms with Gasteiger partial charge in [0.15, 0.2) is 11.7 Å². The number of hydrogen-bond acceptors (Lipinski definition) is 4. The summed E-state index contributed by atoms with van der Waals surface area (Å²) >= 11 is 5.92. The van der Waals surface area contributed by atoms with Gasteiger partial charge < -0.3 is 14.5 Å². The van der Waals surface area contributed by atoms with Crippen LogP contribution in [0, 0.1) is 0 Å². The van der Waals surface area contributed by atoms with E-state index >= 15 is 0 Å². The number of nitrogens with zero attached hydrogens (tertiary/aromatic N) is 1. The Balaban J connectivity index is 2.28. The molecular formula is C13H15ClN2O2. The molecule has 0 bridgehead atoms. The molecule has 5 heteroatoms. The molecule has 18 heavy (non-hydrogen) atoms. The van der Waals surface area contributed by atoms with Crippen molar-refractivity contribution in [3.63, 3.8) is 0 Å². The number of hydrogen-bond donors (Lipinski definition) is 1. The Hall–Kier alpha value is -1.52. The maximum absolute atomic E-state index is 5.92.